The van der Waals surface area contributed by atoms with Gasteiger partial charge in [0.2, 0.25) is 15.9 Å². The van der Waals surface area contributed by atoms with Gasteiger partial charge in [-0.1, -0.05) is 24.3 Å². The lowest BCUT2D eigenvalue weighted by Crippen LogP contribution is -2.48. The third kappa shape index (κ3) is 3.78. The molecule has 0 spiro atoms. The standard InChI is InChI=1S/C19H21FN2O3S/c1-13-11-17(20)7-8-18(13)26(24,25)21-14(2)19(23)22-10-9-15-5-3-4-6-16(15)12-22/h3-8,11,14,21H,9-10,12H2,1-2H3/t14-/m0/s1. The van der Waals surface area contributed by atoms with Crippen molar-refractivity contribution in [2.45, 2.75) is 37.8 Å². The van der Waals surface area contributed by atoms with Crippen molar-refractivity contribution in [3.8, 4) is 0 Å². The number of aryl methyl sites for hydroxylation is 1. The van der Waals surface area contributed by atoms with Gasteiger partial charge < -0.3 is 4.90 Å². The van der Waals surface area contributed by atoms with Gasteiger partial charge in [-0.2, -0.15) is 4.72 Å². The first-order valence-corrected chi connectivity index (χ1v) is 9.90. The molecule has 1 amide bonds. The Balaban J connectivity index is 1.73. The molecule has 0 saturated carbocycles. The first-order chi connectivity index (χ1) is 12.3. The summed E-state index contributed by atoms with van der Waals surface area (Å²) in [4.78, 5) is 14.3. The average Bonchev–Trinajstić information content (AvgIpc) is 2.59. The molecule has 7 heteroatoms. The van der Waals surface area contributed by atoms with E-state index in [2.05, 4.69) is 4.72 Å². The Morgan fingerprint density at radius 3 is 2.58 bits per heavy atom. The van der Waals surface area contributed by atoms with E-state index in [1.807, 2.05) is 24.3 Å². The molecule has 138 valence electrons. The summed E-state index contributed by atoms with van der Waals surface area (Å²) in [6.07, 6.45) is 0.748. The zero-order chi connectivity index (χ0) is 18.9. The van der Waals surface area contributed by atoms with Crippen LogP contribution in [0.1, 0.15) is 23.6 Å². The van der Waals surface area contributed by atoms with Crippen LogP contribution in [-0.2, 0) is 27.8 Å². The quantitative estimate of drug-likeness (QED) is 0.891. The molecule has 26 heavy (non-hydrogen) atoms. The van der Waals surface area contributed by atoms with Gasteiger partial charge >= 0.3 is 0 Å². The molecule has 1 heterocycles. The molecule has 0 bridgehead atoms. The van der Waals surface area contributed by atoms with Gasteiger partial charge in [0.05, 0.1) is 10.9 Å². The number of carbonyl (C=O) groups is 1. The second-order valence-electron chi connectivity index (χ2n) is 6.53. The van der Waals surface area contributed by atoms with Crippen molar-refractivity contribution >= 4 is 15.9 Å². The summed E-state index contributed by atoms with van der Waals surface area (Å²) >= 11 is 0. The topological polar surface area (TPSA) is 66.5 Å². The molecule has 5 nitrogen and oxygen atoms in total. The van der Waals surface area contributed by atoms with Crippen molar-refractivity contribution in [2.24, 2.45) is 0 Å². The van der Waals surface area contributed by atoms with Gasteiger partial charge in [0.15, 0.2) is 0 Å². The molecule has 0 saturated heterocycles. The van der Waals surface area contributed by atoms with Crippen LogP contribution in [0, 0.1) is 12.7 Å². The number of amides is 1. The molecule has 1 N–H and O–H groups in total. The van der Waals surface area contributed by atoms with E-state index in [0.29, 0.717) is 18.7 Å². The molecule has 2 aromatic carbocycles. The zero-order valence-corrected chi connectivity index (χ0v) is 15.5. The van der Waals surface area contributed by atoms with Crippen LogP contribution in [0.15, 0.2) is 47.4 Å². The monoisotopic (exact) mass is 376 g/mol. The summed E-state index contributed by atoms with van der Waals surface area (Å²) in [7, 11) is -3.92. The molecule has 0 radical (unpaired) electrons. The van der Waals surface area contributed by atoms with E-state index in [1.165, 1.54) is 25.5 Å². The van der Waals surface area contributed by atoms with Crippen molar-refractivity contribution in [3.05, 3.63) is 65.0 Å². The van der Waals surface area contributed by atoms with Gasteiger partial charge in [0, 0.05) is 13.1 Å². The third-order valence-corrected chi connectivity index (χ3v) is 6.27. The first-order valence-electron chi connectivity index (χ1n) is 8.42. The van der Waals surface area contributed by atoms with Crippen molar-refractivity contribution in [3.63, 3.8) is 0 Å². The fourth-order valence-corrected chi connectivity index (χ4v) is 4.64. The maximum Gasteiger partial charge on any atom is 0.241 e. The van der Waals surface area contributed by atoms with E-state index in [9.17, 15) is 17.6 Å². The molecular formula is C19H21FN2O3S. The molecule has 0 aromatic heterocycles. The number of halogens is 1. The highest BCUT2D eigenvalue weighted by molar-refractivity contribution is 7.89. The van der Waals surface area contributed by atoms with Gasteiger partial charge in [0.1, 0.15) is 5.82 Å². The van der Waals surface area contributed by atoms with Gasteiger partial charge in [-0.25, -0.2) is 12.8 Å². The predicted molar refractivity (Wildman–Crippen MR) is 96.5 cm³/mol. The van der Waals surface area contributed by atoms with Crippen LogP contribution in [0.5, 0.6) is 0 Å². The number of sulfonamides is 1. The Morgan fingerprint density at radius 1 is 1.19 bits per heavy atom. The second kappa shape index (κ2) is 7.17. The van der Waals surface area contributed by atoms with Crippen LogP contribution in [-0.4, -0.2) is 31.8 Å². The molecule has 0 unspecified atom stereocenters. The lowest BCUT2D eigenvalue weighted by molar-refractivity contribution is -0.133. The number of fused-ring (bicyclic) bond motifs is 1. The largest absolute Gasteiger partial charge is 0.337 e. The minimum absolute atomic E-state index is 0.0254. The molecule has 0 aliphatic carbocycles. The molecule has 3 rings (SSSR count). The van der Waals surface area contributed by atoms with Crippen molar-refractivity contribution in [1.29, 1.82) is 0 Å². The van der Waals surface area contributed by atoms with Crippen LogP contribution in [0.2, 0.25) is 0 Å². The third-order valence-electron chi connectivity index (χ3n) is 4.57. The molecule has 2 aromatic rings. The van der Waals surface area contributed by atoms with Gasteiger partial charge in [-0.15, -0.1) is 0 Å². The van der Waals surface area contributed by atoms with Crippen molar-refractivity contribution < 1.29 is 17.6 Å². The Kier molecular flexibility index (Phi) is 5.11. The van der Waals surface area contributed by atoms with Gasteiger partial charge in [-0.05, 0) is 55.2 Å². The zero-order valence-electron chi connectivity index (χ0n) is 14.7. The summed E-state index contributed by atoms with van der Waals surface area (Å²) < 4.78 is 40.7. The number of hydrogen-bond acceptors (Lipinski definition) is 3. The average molecular weight is 376 g/mol. The predicted octanol–water partition coefficient (Wildman–Crippen LogP) is 2.39. The normalized spacial score (nSPS) is 15.4. The number of rotatable bonds is 4. The van der Waals surface area contributed by atoms with Crippen molar-refractivity contribution in [2.75, 3.05) is 6.54 Å². The van der Waals surface area contributed by atoms with Crippen LogP contribution in [0.4, 0.5) is 4.39 Å². The summed E-state index contributed by atoms with van der Waals surface area (Å²) in [5, 5.41) is 0. The number of nitrogens with zero attached hydrogens (tertiary/aromatic N) is 1. The molecular weight excluding hydrogens is 355 g/mol. The number of hydrogen-bond donors (Lipinski definition) is 1. The van der Waals surface area contributed by atoms with Crippen LogP contribution < -0.4 is 4.72 Å². The summed E-state index contributed by atoms with van der Waals surface area (Å²) in [5.74, 6) is -0.777. The SMILES string of the molecule is Cc1cc(F)ccc1S(=O)(=O)N[C@@H](C)C(=O)N1CCc2ccccc2C1. The highest BCUT2D eigenvalue weighted by Crippen LogP contribution is 2.20. The molecule has 1 aliphatic heterocycles. The Hall–Kier alpha value is -2.25. The number of nitrogens with one attached hydrogen (secondary N) is 1. The molecule has 1 aliphatic rings. The van der Waals surface area contributed by atoms with E-state index in [-0.39, 0.29) is 10.8 Å². The summed E-state index contributed by atoms with van der Waals surface area (Å²) in [6, 6.07) is 10.5. The van der Waals surface area contributed by atoms with E-state index in [1.54, 1.807) is 4.90 Å². The fourth-order valence-electron chi connectivity index (χ4n) is 3.22. The van der Waals surface area contributed by atoms with Gasteiger partial charge in [-0.3, -0.25) is 4.79 Å². The van der Waals surface area contributed by atoms with E-state index in [4.69, 9.17) is 0 Å². The number of carbonyl (C=O) groups excluding carboxylic acids is 1. The van der Waals surface area contributed by atoms with Crippen LogP contribution in [0.3, 0.4) is 0 Å². The first kappa shape index (κ1) is 18.5. The maximum atomic E-state index is 13.2. The minimum atomic E-state index is -3.92. The minimum Gasteiger partial charge on any atom is -0.337 e. The maximum absolute atomic E-state index is 13.2. The van der Waals surface area contributed by atoms with Gasteiger partial charge in [0.25, 0.3) is 0 Å². The number of benzene rings is 2. The highest BCUT2D eigenvalue weighted by atomic mass is 32.2. The van der Waals surface area contributed by atoms with E-state index >= 15 is 0 Å². The van der Waals surface area contributed by atoms with Crippen LogP contribution >= 0.6 is 0 Å². The second-order valence-corrected chi connectivity index (χ2v) is 8.21. The summed E-state index contributed by atoms with van der Waals surface area (Å²) in [6.45, 7) is 4.07. The van der Waals surface area contributed by atoms with Crippen molar-refractivity contribution in [1.82, 2.24) is 9.62 Å². The summed E-state index contributed by atoms with van der Waals surface area (Å²) in [5.41, 5.74) is 2.59. The fraction of sp³-hybridized carbons (Fsp3) is 0.316. The Labute approximate surface area is 152 Å². The highest BCUT2D eigenvalue weighted by Gasteiger charge is 2.28. The lowest BCUT2D eigenvalue weighted by Gasteiger charge is -2.31. The molecule has 1 atom stereocenters. The Bertz CT molecular complexity index is 944. The lowest BCUT2D eigenvalue weighted by atomic mass is 9.99. The van der Waals surface area contributed by atoms with E-state index in [0.717, 1.165) is 24.1 Å². The Morgan fingerprint density at radius 2 is 1.88 bits per heavy atom. The van der Waals surface area contributed by atoms with Crippen LogP contribution in [0.25, 0.3) is 0 Å². The smallest absolute Gasteiger partial charge is 0.241 e. The van der Waals surface area contributed by atoms with E-state index < -0.39 is 21.9 Å². The molecule has 0 fully saturated rings.